The Labute approximate surface area is 240 Å². The summed E-state index contributed by atoms with van der Waals surface area (Å²) in [5.74, 6) is -0.792. The largest absolute Gasteiger partial charge is 0.465 e. The molecule has 1 aromatic heterocycles. The van der Waals surface area contributed by atoms with E-state index in [9.17, 15) is 19.6 Å². The van der Waals surface area contributed by atoms with Crippen molar-refractivity contribution in [1.82, 2.24) is 9.80 Å². The number of hydrogen-bond acceptors (Lipinski definition) is 7. The van der Waals surface area contributed by atoms with Crippen LogP contribution in [-0.4, -0.2) is 67.9 Å². The maximum Gasteiger partial charge on any atom is 0.338 e. The van der Waals surface area contributed by atoms with Crippen molar-refractivity contribution in [2.45, 2.75) is 18.0 Å². The van der Waals surface area contributed by atoms with Crippen LogP contribution >= 0.6 is 34.5 Å². The highest BCUT2D eigenvalue weighted by atomic mass is 35.5. The number of esters is 1. The number of nitriles is 1. The molecule has 11 heteroatoms. The molecule has 8 nitrogen and oxygen atoms in total. The number of rotatable bonds is 7. The van der Waals surface area contributed by atoms with Gasteiger partial charge in [-0.1, -0.05) is 35.3 Å². The Hall–Kier alpha value is -3.42. The first kappa shape index (κ1) is 28.6. The maximum atomic E-state index is 13.8. The van der Waals surface area contributed by atoms with Crippen LogP contribution in [0.4, 0.5) is 10.5 Å². The molecule has 0 aliphatic carbocycles. The third-order valence-corrected chi connectivity index (χ3v) is 8.41. The number of aldehydes is 1. The van der Waals surface area contributed by atoms with Crippen LogP contribution in [0.3, 0.4) is 0 Å². The molecule has 202 valence electrons. The second-order valence-corrected chi connectivity index (χ2v) is 11.3. The van der Waals surface area contributed by atoms with Gasteiger partial charge in [0.25, 0.3) is 0 Å². The highest BCUT2D eigenvalue weighted by Gasteiger charge is 2.52. The topological polar surface area (TPSA) is 94.0 Å². The number of carbonyl (C=O) groups is 3. The van der Waals surface area contributed by atoms with E-state index in [1.165, 1.54) is 28.2 Å². The minimum absolute atomic E-state index is 0.263. The predicted molar refractivity (Wildman–Crippen MR) is 152 cm³/mol. The zero-order valence-electron chi connectivity index (χ0n) is 21.6. The monoisotopic (exact) mass is 584 g/mol. The van der Waals surface area contributed by atoms with Gasteiger partial charge in [-0.25, -0.2) is 9.59 Å². The zero-order valence-corrected chi connectivity index (χ0v) is 23.9. The number of carbonyl (C=O) groups excluding carboxylic acids is 3. The van der Waals surface area contributed by atoms with E-state index >= 15 is 0 Å². The number of nitrogens with zero attached hydrogens (tertiary/aromatic N) is 4. The summed E-state index contributed by atoms with van der Waals surface area (Å²) >= 11 is 13.8. The van der Waals surface area contributed by atoms with Gasteiger partial charge in [0.05, 0.1) is 24.3 Å². The summed E-state index contributed by atoms with van der Waals surface area (Å²) in [6.45, 7) is 1.21. The molecule has 1 aliphatic heterocycles. The number of urea groups is 1. The van der Waals surface area contributed by atoms with Crippen molar-refractivity contribution in [1.29, 1.82) is 5.26 Å². The van der Waals surface area contributed by atoms with Gasteiger partial charge in [-0.3, -0.25) is 9.80 Å². The maximum absolute atomic E-state index is 13.8. The summed E-state index contributed by atoms with van der Waals surface area (Å²) in [5.41, 5.74) is 1.07. The van der Waals surface area contributed by atoms with Gasteiger partial charge in [-0.05, 0) is 42.0 Å². The van der Waals surface area contributed by atoms with E-state index in [1.807, 2.05) is 12.1 Å². The molecular formula is C28H26Cl2N4O4S. The van der Waals surface area contributed by atoms with Crippen LogP contribution in [0.2, 0.25) is 10.0 Å². The van der Waals surface area contributed by atoms with E-state index in [0.29, 0.717) is 39.9 Å². The summed E-state index contributed by atoms with van der Waals surface area (Å²) in [6.07, 6.45) is 0.834. The predicted octanol–water partition coefficient (Wildman–Crippen LogP) is 5.44. The summed E-state index contributed by atoms with van der Waals surface area (Å²) in [5, 5.41) is 11.8. The minimum atomic E-state index is -1.22. The van der Waals surface area contributed by atoms with Gasteiger partial charge in [0.1, 0.15) is 11.8 Å². The van der Waals surface area contributed by atoms with Gasteiger partial charge in [-0.2, -0.15) is 5.26 Å². The molecule has 0 spiro atoms. The van der Waals surface area contributed by atoms with Crippen LogP contribution < -0.4 is 4.90 Å². The molecule has 0 N–H and O–H groups in total. The lowest BCUT2D eigenvalue weighted by Gasteiger charge is -2.40. The van der Waals surface area contributed by atoms with E-state index in [1.54, 1.807) is 55.9 Å². The van der Waals surface area contributed by atoms with Crippen LogP contribution in [0.1, 0.15) is 32.3 Å². The number of anilines is 1. The lowest BCUT2D eigenvalue weighted by atomic mass is 9.81. The van der Waals surface area contributed by atoms with Gasteiger partial charge < -0.3 is 14.4 Å². The third-order valence-electron chi connectivity index (χ3n) is 7.05. The quantitative estimate of drug-likeness (QED) is 0.271. The zero-order chi connectivity index (χ0) is 28.3. The van der Waals surface area contributed by atoms with E-state index < -0.39 is 17.5 Å². The van der Waals surface area contributed by atoms with Crippen LogP contribution in [0.15, 0.2) is 53.9 Å². The first-order chi connectivity index (χ1) is 18.6. The standard InChI is InChI=1S/C28H26Cl2N4O4S/c1-32(23-10-21(29)9-22(30)11-23)27(37)33(2)28(17-35)16-34(13-24-8-20(15-39-24)26(36)38-3)14-25(28)19-6-4-18(12-31)5-7-19/h4-11,15,17,25H,13-14,16H2,1-3H3/t25-,28-/m1/s1. The number of halogens is 2. The molecule has 0 unspecified atom stereocenters. The first-order valence-electron chi connectivity index (χ1n) is 11.9. The van der Waals surface area contributed by atoms with Crippen molar-refractivity contribution in [3.63, 3.8) is 0 Å². The fraction of sp³-hybridized carbons (Fsp3) is 0.286. The Kier molecular flexibility index (Phi) is 8.62. The molecule has 3 aromatic rings. The molecule has 1 saturated heterocycles. The lowest BCUT2D eigenvalue weighted by molar-refractivity contribution is -0.116. The second kappa shape index (κ2) is 11.8. The van der Waals surface area contributed by atoms with Gasteiger partial charge in [0, 0.05) is 65.6 Å². The van der Waals surface area contributed by atoms with E-state index in [-0.39, 0.29) is 12.5 Å². The molecule has 1 fully saturated rings. The highest BCUT2D eigenvalue weighted by molar-refractivity contribution is 7.10. The van der Waals surface area contributed by atoms with Crippen molar-refractivity contribution < 1.29 is 19.1 Å². The minimum Gasteiger partial charge on any atom is -0.465 e. The van der Waals surface area contributed by atoms with Crippen LogP contribution in [0.25, 0.3) is 0 Å². The highest BCUT2D eigenvalue weighted by Crippen LogP contribution is 2.40. The van der Waals surface area contributed by atoms with Crippen LogP contribution in [0.5, 0.6) is 0 Å². The van der Waals surface area contributed by atoms with E-state index in [0.717, 1.165) is 16.7 Å². The molecule has 2 amide bonds. The molecule has 2 aromatic carbocycles. The van der Waals surface area contributed by atoms with Crippen molar-refractivity contribution >= 4 is 58.5 Å². The first-order valence-corrected chi connectivity index (χ1v) is 13.6. The molecule has 1 aliphatic rings. The van der Waals surface area contributed by atoms with Crippen LogP contribution in [0, 0.1) is 11.3 Å². The third kappa shape index (κ3) is 5.80. The summed E-state index contributed by atoms with van der Waals surface area (Å²) in [4.78, 5) is 44.6. The summed E-state index contributed by atoms with van der Waals surface area (Å²) < 4.78 is 4.81. The molecule has 2 heterocycles. The Morgan fingerprint density at radius 3 is 2.44 bits per heavy atom. The molecule has 2 atom stereocenters. The molecule has 0 bridgehead atoms. The van der Waals surface area contributed by atoms with Crippen molar-refractivity contribution in [2.24, 2.45) is 0 Å². The number of amides is 2. The Morgan fingerprint density at radius 2 is 1.85 bits per heavy atom. The van der Waals surface area contributed by atoms with Gasteiger partial charge in [0.15, 0.2) is 0 Å². The number of hydrogen-bond donors (Lipinski definition) is 0. The second-order valence-electron chi connectivity index (χ2n) is 9.39. The molecule has 4 rings (SSSR count). The van der Waals surface area contributed by atoms with E-state index in [4.69, 9.17) is 27.9 Å². The number of thiophene rings is 1. The average molecular weight is 586 g/mol. The fourth-order valence-electron chi connectivity index (χ4n) is 4.95. The Balaban J connectivity index is 1.68. The normalized spacial score (nSPS) is 18.8. The van der Waals surface area contributed by atoms with Gasteiger partial charge in [-0.15, -0.1) is 11.3 Å². The van der Waals surface area contributed by atoms with Gasteiger partial charge >= 0.3 is 12.0 Å². The molecule has 0 saturated carbocycles. The molecular weight excluding hydrogens is 559 g/mol. The fourth-order valence-corrected chi connectivity index (χ4v) is 6.36. The summed E-state index contributed by atoms with van der Waals surface area (Å²) in [7, 11) is 4.55. The average Bonchev–Trinajstić information content (AvgIpc) is 3.56. The molecule has 0 radical (unpaired) electrons. The Morgan fingerprint density at radius 1 is 1.18 bits per heavy atom. The number of likely N-dealkylation sites (tertiary alicyclic amines) is 1. The lowest BCUT2D eigenvalue weighted by Crippen LogP contribution is -2.58. The molecule has 39 heavy (non-hydrogen) atoms. The van der Waals surface area contributed by atoms with E-state index in [2.05, 4.69) is 11.0 Å². The number of methoxy groups -OCH3 is 1. The number of ether oxygens (including phenoxy) is 1. The van der Waals surface area contributed by atoms with Crippen molar-refractivity contribution in [3.05, 3.63) is 85.5 Å². The van der Waals surface area contributed by atoms with Gasteiger partial charge in [0.2, 0.25) is 0 Å². The SMILES string of the molecule is COC(=O)c1csc(CN2C[C@H](c3ccc(C#N)cc3)[C@@](C=O)(N(C)C(=O)N(C)c3cc(Cl)cc(Cl)c3)C2)c1. The smallest absolute Gasteiger partial charge is 0.338 e. The number of benzene rings is 2. The van der Waals surface area contributed by atoms with Crippen molar-refractivity contribution in [2.75, 3.05) is 39.2 Å². The van der Waals surface area contributed by atoms with Crippen LogP contribution in [-0.2, 0) is 16.1 Å². The summed E-state index contributed by atoms with van der Waals surface area (Å²) in [6, 6.07) is 15.4. The number of likely N-dealkylation sites (N-methyl/N-ethyl adjacent to an activating group) is 1. The van der Waals surface area contributed by atoms with Crippen molar-refractivity contribution in [3.8, 4) is 6.07 Å². The Bertz CT molecular complexity index is 1420.